The molecule has 3 nitrogen and oxygen atoms in total. The van der Waals surface area contributed by atoms with Crippen molar-refractivity contribution in [1.82, 2.24) is 0 Å². The molecule has 0 unspecified atom stereocenters. The number of hydrogen-bond donors (Lipinski definition) is 1. The van der Waals surface area contributed by atoms with Crippen molar-refractivity contribution in [3.05, 3.63) is 85.8 Å². The Morgan fingerprint density at radius 3 is 2.39 bits per heavy atom. The van der Waals surface area contributed by atoms with Gasteiger partial charge < -0.3 is 14.8 Å². The SMILES string of the molecule is COc1cc(CNc2ccc(Cl)cc2Cl)cc(Br)c1OCc1ccc(C)cc1. The number of rotatable bonds is 7. The smallest absolute Gasteiger partial charge is 0.175 e. The van der Waals surface area contributed by atoms with E-state index in [4.69, 9.17) is 32.7 Å². The maximum Gasteiger partial charge on any atom is 0.175 e. The molecule has 3 aromatic rings. The highest BCUT2D eigenvalue weighted by molar-refractivity contribution is 9.10. The lowest BCUT2D eigenvalue weighted by Crippen LogP contribution is -2.03. The fraction of sp³-hybridized carbons (Fsp3) is 0.182. The molecule has 0 amide bonds. The lowest BCUT2D eigenvalue weighted by atomic mass is 10.1. The molecule has 0 aliphatic carbocycles. The van der Waals surface area contributed by atoms with Gasteiger partial charge in [-0.2, -0.15) is 0 Å². The molecule has 0 fully saturated rings. The first-order valence-corrected chi connectivity index (χ1v) is 10.2. The standard InChI is InChI=1S/C22H20BrCl2NO2/c1-14-3-5-15(6-4-14)13-28-22-18(23)9-16(10-21(22)27-2)12-26-20-8-7-17(24)11-19(20)25/h3-11,26H,12-13H2,1-2H3. The molecular weight excluding hydrogens is 461 g/mol. The van der Waals surface area contributed by atoms with Crippen molar-refractivity contribution in [2.45, 2.75) is 20.1 Å². The fourth-order valence-corrected chi connectivity index (χ4v) is 3.76. The van der Waals surface area contributed by atoms with Gasteiger partial charge in [-0.3, -0.25) is 0 Å². The third-order valence-electron chi connectivity index (χ3n) is 4.21. The van der Waals surface area contributed by atoms with Crippen LogP contribution in [-0.4, -0.2) is 7.11 Å². The Bertz CT molecular complexity index is 961. The Morgan fingerprint density at radius 2 is 1.71 bits per heavy atom. The lowest BCUT2D eigenvalue weighted by molar-refractivity contribution is 0.282. The van der Waals surface area contributed by atoms with Crippen molar-refractivity contribution in [1.29, 1.82) is 0 Å². The van der Waals surface area contributed by atoms with Gasteiger partial charge in [-0.05, 0) is 64.3 Å². The molecule has 0 atom stereocenters. The van der Waals surface area contributed by atoms with Crippen LogP contribution < -0.4 is 14.8 Å². The van der Waals surface area contributed by atoms with Crippen LogP contribution in [0.3, 0.4) is 0 Å². The summed E-state index contributed by atoms with van der Waals surface area (Å²) in [5.41, 5.74) is 4.17. The van der Waals surface area contributed by atoms with E-state index < -0.39 is 0 Å². The Hall–Kier alpha value is -1.88. The van der Waals surface area contributed by atoms with Crippen molar-refractivity contribution in [3.8, 4) is 11.5 Å². The van der Waals surface area contributed by atoms with Crippen LogP contribution in [0.15, 0.2) is 59.1 Å². The van der Waals surface area contributed by atoms with Gasteiger partial charge in [0.2, 0.25) is 0 Å². The average Bonchev–Trinajstić information content (AvgIpc) is 2.67. The van der Waals surface area contributed by atoms with Gasteiger partial charge in [0.1, 0.15) is 6.61 Å². The number of halogens is 3. The first-order chi connectivity index (χ1) is 13.5. The van der Waals surface area contributed by atoms with E-state index >= 15 is 0 Å². The van der Waals surface area contributed by atoms with Gasteiger partial charge >= 0.3 is 0 Å². The van der Waals surface area contributed by atoms with Crippen molar-refractivity contribution in [2.75, 3.05) is 12.4 Å². The number of hydrogen-bond acceptors (Lipinski definition) is 3. The number of methoxy groups -OCH3 is 1. The second-order valence-electron chi connectivity index (χ2n) is 6.36. The quantitative estimate of drug-likeness (QED) is 0.385. The summed E-state index contributed by atoms with van der Waals surface area (Å²) in [4.78, 5) is 0. The van der Waals surface area contributed by atoms with Crippen LogP contribution in [-0.2, 0) is 13.2 Å². The Morgan fingerprint density at radius 1 is 0.964 bits per heavy atom. The first kappa shape index (κ1) is 20.8. The van der Waals surface area contributed by atoms with Gasteiger partial charge in [-0.25, -0.2) is 0 Å². The summed E-state index contributed by atoms with van der Waals surface area (Å²) in [5, 5.41) is 4.50. The number of ether oxygens (including phenoxy) is 2. The second kappa shape index (κ2) is 9.55. The predicted octanol–water partition coefficient (Wildman–Crippen LogP) is 7.26. The molecule has 0 radical (unpaired) electrons. The molecule has 0 heterocycles. The van der Waals surface area contributed by atoms with Crippen LogP contribution in [0.2, 0.25) is 10.0 Å². The normalized spacial score (nSPS) is 10.6. The predicted molar refractivity (Wildman–Crippen MR) is 120 cm³/mol. The van der Waals surface area contributed by atoms with Gasteiger partial charge in [-0.1, -0.05) is 53.0 Å². The fourth-order valence-electron chi connectivity index (χ4n) is 2.69. The van der Waals surface area contributed by atoms with E-state index in [1.165, 1.54) is 5.56 Å². The van der Waals surface area contributed by atoms with Crippen LogP contribution in [0.25, 0.3) is 0 Å². The topological polar surface area (TPSA) is 30.5 Å². The monoisotopic (exact) mass is 479 g/mol. The van der Waals surface area contributed by atoms with Crippen LogP contribution >= 0.6 is 39.1 Å². The average molecular weight is 481 g/mol. The molecule has 146 valence electrons. The largest absolute Gasteiger partial charge is 0.493 e. The highest BCUT2D eigenvalue weighted by Gasteiger charge is 2.12. The van der Waals surface area contributed by atoms with E-state index in [9.17, 15) is 0 Å². The third-order valence-corrected chi connectivity index (χ3v) is 5.34. The molecule has 0 aromatic heterocycles. The summed E-state index contributed by atoms with van der Waals surface area (Å²) >= 11 is 15.8. The highest BCUT2D eigenvalue weighted by Crippen LogP contribution is 2.37. The third kappa shape index (κ3) is 5.34. The van der Waals surface area contributed by atoms with E-state index in [2.05, 4.69) is 52.4 Å². The molecule has 28 heavy (non-hydrogen) atoms. The van der Waals surface area contributed by atoms with E-state index in [0.29, 0.717) is 34.7 Å². The van der Waals surface area contributed by atoms with E-state index in [0.717, 1.165) is 21.3 Å². The number of nitrogens with one attached hydrogen (secondary N) is 1. The second-order valence-corrected chi connectivity index (χ2v) is 8.06. The molecular formula is C22H20BrCl2NO2. The Kier molecular flexibility index (Phi) is 7.11. The van der Waals surface area contributed by atoms with Crippen LogP contribution in [0.1, 0.15) is 16.7 Å². The molecule has 0 aliphatic heterocycles. The van der Waals surface area contributed by atoms with E-state index in [1.807, 2.05) is 18.2 Å². The minimum Gasteiger partial charge on any atom is -0.493 e. The summed E-state index contributed by atoms with van der Waals surface area (Å²) in [6.07, 6.45) is 0. The zero-order valence-corrected chi connectivity index (χ0v) is 18.7. The zero-order valence-electron chi connectivity index (χ0n) is 15.6. The molecule has 0 aliphatic rings. The zero-order chi connectivity index (χ0) is 20.1. The molecule has 0 spiro atoms. The maximum absolute atomic E-state index is 6.22. The Labute approximate surface area is 183 Å². The summed E-state index contributed by atoms with van der Waals surface area (Å²) in [7, 11) is 1.63. The maximum atomic E-state index is 6.22. The Balaban J connectivity index is 1.72. The molecule has 0 saturated heterocycles. The summed E-state index contributed by atoms with van der Waals surface area (Å²) in [6.45, 7) is 3.11. The summed E-state index contributed by atoms with van der Waals surface area (Å²) in [6, 6.07) is 17.6. The summed E-state index contributed by atoms with van der Waals surface area (Å²) < 4.78 is 12.4. The molecule has 0 bridgehead atoms. The minimum atomic E-state index is 0.465. The summed E-state index contributed by atoms with van der Waals surface area (Å²) in [5.74, 6) is 1.34. The minimum absolute atomic E-state index is 0.465. The molecule has 1 N–H and O–H groups in total. The van der Waals surface area contributed by atoms with Crippen molar-refractivity contribution in [3.63, 3.8) is 0 Å². The number of benzene rings is 3. The van der Waals surface area contributed by atoms with Crippen molar-refractivity contribution >= 4 is 44.8 Å². The van der Waals surface area contributed by atoms with Gasteiger partial charge in [0.05, 0.1) is 22.3 Å². The molecule has 6 heteroatoms. The van der Waals surface area contributed by atoms with Crippen molar-refractivity contribution in [2.24, 2.45) is 0 Å². The molecule has 0 saturated carbocycles. The van der Waals surface area contributed by atoms with Crippen LogP contribution in [0.4, 0.5) is 5.69 Å². The van der Waals surface area contributed by atoms with Crippen molar-refractivity contribution < 1.29 is 9.47 Å². The van der Waals surface area contributed by atoms with Gasteiger partial charge in [-0.15, -0.1) is 0 Å². The van der Waals surface area contributed by atoms with Gasteiger partial charge in [0, 0.05) is 11.6 Å². The van der Waals surface area contributed by atoms with Crippen LogP contribution in [0.5, 0.6) is 11.5 Å². The first-order valence-electron chi connectivity index (χ1n) is 8.70. The number of anilines is 1. The van der Waals surface area contributed by atoms with E-state index in [1.54, 1.807) is 19.2 Å². The lowest BCUT2D eigenvalue weighted by Gasteiger charge is -2.15. The van der Waals surface area contributed by atoms with Gasteiger partial charge in [0.25, 0.3) is 0 Å². The number of aryl methyl sites for hydroxylation is 1. The molecule has 3 aromatic carbocycles. The van der Waals surface area contributed by atoms with E-state index in [-0.39, 0.29) is 0 Å². The van der Waals surface area contributed by atoms with Gasteiger partial charge in [0.15, 0.2) is 11.5 Å². The van der Waals surface area contributed by atoms with Crippen LogP contribution in [0, 0.1) is 6.92 Å². The molecule has 3 rings (SSSR count). The highest BCUT2D eigenvalue weighted by atomic mass is 79.9.